The normalized spacial score (nSPS) is 22.8. The number of aromatic nitrogens is 4. The molecule has 4 amide bonds. The molecule has 5 aromatic rings. The lowest BCUT2D eigenvalue weighted by atomic mass is 9.93. The molecule has 0 radical (unpaired) electrons. The van der Waals surface area contributed by atoms with Gasteiger partial charge in [0.2, 0.25) is 11.8 Å². The van der Waals surface area contributed by atoms with Crippen molar-refractivity contribution in [1.29, 1.82) is 0 Å². The summed E-state index contributed by atoms with van der Waals surface area (Å²) < 4.78 is 38.0. The zero-order valence-corrected chi connectivity index (χ0v) is 41.5. The summed E-state index contributed by atoms with van der Waals surface area (Å²) >= 11 is 0. The number of imidazole rings is 2. The molecular formula is C53H66F2N10O6. The second-order valence-electron chi connectivity index (χ2n) is 21.4. The maximum absolute atomic E-state index is 16.6. The quantitative estimate of drug-likeness (QED) is 0.0940. The molecule has 4 N–H and O–H groups in total. The number of methoxy groups -OCH3 is 1. The van der Waals surface area contributed by atoms with Gasteiger partial charge < -0.3 is 44.7 Å². The fraction of sp³-hybridized carbons (Fsp3) is 0.547. The van der Waals surface area contributed by atoms with Gasteiger partial charge >= 0.3 is 12.2 Å². The minimum Gasteiger partial charge on any atom is -0.465 e. The van der Waals surface area contributed by atoms with Crippen LogP contribution < -0.4 is 15.1 Å². The molecule has 378 valence electrons. The number of aromatic amines is 2. The number of H-pyrrole nitrogens is 2. The maximum Gasteiger partial charge on any atom is 0.407 e. The van der Waals surface area contributed by atoms with Crippen LogP contribution in [0.3, 0.4) is 0 Å². The standard InChI is InChI=1S/C53H66F2N10O6/c1-29(2)44(60-51(68)71-6)49(66)63-21-7-9-42(63)47-56-36-13-11-31(25-38(36)58-47)40-15-16-41(65(40)33-27-34(54)46(35(55)28-33)62-23-19-53(17-18-53)20-24-62)32-12-14-37-39(26-32)59-48(57-37)43-10-8-22-64(43)50(67)45(30(3)4)61(5)52(69)70/h11-14,25-30,40-45H,7-10,15-24H2,1-6H3,(H,56,58)(H,57,59)(H,60,68)(H,69,70)/t40-,41-,42+,43+,44+,45+/m1/s1. The van der Waals surface area contributed by atoms with Crippen molar-refractivity contribution in [2.45, 2.75) is 128 Å². The zero-order valence-electron chi connectivity index (χ0n) is 41.5. The minimum absolute atomic E-state index is 0.0309. The molecule has 4 aliphatic heterocycles. The molecule has 0 unspecified atom stereocenters. The molecule has 6 atom stereocenters. The highest BCUT2D eigenvalue weighted by Crippen LogP contribution is 2.55. The lowest BCUT2D eigenvalue weighted by Crippen LogP contribution is -2.51. The summed E-state index contributed by atoms with van der Waals surface area (Å²) in [6, 6.07) is 12.2. The van der Waals surface area contributed by atoms with Crippen LogP contribution in [0.5, 0.6) is 0 Å². The number of piperidine rings is 1. The highest BCUT2D eigenvalue weighted by atomic mass is 19.1. The van der Waals surface area contributed by atoms with Gasteiger partial charge in [-0.15, -0.1) is 0 Å². The van der Waals surface area contributed by atoms with E-state index in [1.54, 1.807) is 9.80 Å². The first-order valence-corrected chi connectivity index (χ1v) is 25.5. The second-order valence-corrected chi connectivity index (χ2v) is 21.4. The van der Waals surface area contributed by atoms with Gasteiger partial charge in [-0.1, -0.05) is 39.8 Å². The van der Waals surface area contributed by atoms with Crippen LogP contribution in [0, 0.1) is 28.9 Å². The van der Waals surface area contributed by atoms with Crippen molar-refractivity contribution in [1.82, 2.24) is 40.0 Å². The Kier molecular flexibility index (Phi) is 12.9. The maximum atomic E-state index is 16.6. The van der Waals surface area contributed by atoms with Crippen LogP contribution in [-0.4, -0.2) is 116 Å². The fourth-order valence-electron chi connectivity index (χ4n) is 12.2. The second kappa shape index (κ2) is 18.9. The third-order valence-corrected chi connectivity index (χ3v) is 16.3. The van der Waals surface area contributed by atoms with Crippen molar-refractivity contribution in [3.63, 3.8) is 0 Å². The van der Waals surface area contributed by atoms with Crippen LogP contribution in [0.2, 0.25) is 0 Å². The Labute approximate surface area is 412 Å². The van der Waals surface area contributed by atoms with Crippen LogP contribution in [0.25, 0.3) is 22.1 Å². The van der Waals surface area contributed by atoms with E-state index >= 15 is 8.78 Å². The first kappa shape index (κ1) is 48.2. The molecule has 2 aromatic heterocycles. The smallest absolute Gasteiger partial charge is 0.407 e. The molecule has 4 saturated heterocycles. The Bertz CT molecular complexity index is 2830. The number of hydrogen-bond acceptors (Lipinski definition) is 9. The van der Waals surface area contributed by atoms with Crippen molar-refractivity contribution in [2.75, 3.05) is 50.1 Å². The number of ether oxygens (including phenoxy) is 1. The predicted molar refractivity (Wildman–Crippen MR) is 265 cm³/mol. The number of nitrogens with one attached hydrogen (secondary N) is 3. The van der Waals surface area contributed by atoms with E-state index in [1.165, 1.54) is 39.1 Å². The molecule has 1 aliphatic carbocycles. The minimum atomic E-state index is -1.16. The fourth-order valence-corrected chi connectivity index (χ4v) is 12.2. The Morgan fingerprint density at radius 2 is 1.25 bits per heavy atom. The molecule has 1 saturated carbocycles. The Hall–Kier alpha value is -6.46. The number of rotatable bonds is 12. The number of likely N-dealkylation sites (tertiary alicyclic amines) is 2. The topological polar surface area (TPSA) is 183 Å². The van der Waals surface area contributed by atoms with E-state index in [0.717, 1.165) is 58.3 Å². The van der Waals surface area contributed by atoms with Gasteiger partial charge in [0.15, 0.2) is 11.6 Å². The number of nitrogens with zero attached hydrogens (tertiary/aromatic N) is 7. The largest absolute Gasteiger partial charge is 0.465 e. The van der Waals surface area contributed by atoms with Crippen molar-refractivity contribution in [2.24, 2.45) is 17.3 Å². The highest BCUT2D eigenvalue weighted by molar-refractivity contribution is 5.87. The van der Waals surface area contributed by atoms with E-state index in [4.69, 9.17) is 14.7 Å². The van der Waals surface area contributed by atoms with E-state index in [9.17, 15) is 24.3 Å². The zero-order chi connectivity index (χ0) is 50.0. The predicted octanol–water partition coefficient (Wildman–Crippen LogP) is 9.52. The van der Waals surface area contributed by atoms with Gasteiger partial charge in [0.25, 0.3) is 0 Å². The van der Waals surface area contributed by atoms with Crippen molar-refractivity contribution in [3.8, 4) is 0 Å². The van der Waals surface area contributed by atoms with Gasteiger partial charge in [-0.05, 0) is 129 Å². The molecule has 0 bridgehead atoms. The number of likely N-dealkylation sites (N-methyl/N-ethyl adjacent to an activating group) is 1. The lowest BCUT2D eigenvalue weighted by Gasteiger charge is -2.36. The molecular weight excluding hydrogens is 911 g/mol. The highest BCUT2D eigenvalue weighted by Gasteiger charge is 2.46. The number of carboxylic acid groups (broad SMARTS) is 1. The van der Waals surface area contributed by atoms with Crippen molar-refractivity contribution >= 4 is 57.4 Å². The van der Waals surface area contributed by atoms with Gasteiger partial charge in [-0.2, -0.15) is 0 Å². The number of fused-ring (bicyclic) bond motifs is 2. The Balaban J connectivity index is 0.970. The van der Waals surface area contributed by atoms with E-state index in [1.807, 2.05) is 62.9 Å². The lowest BCUT2D eigenvalue weighted by molar-refractivity contribution is -0.138. The molecule has 5 aliphatic rings. The summed E-state index contributed by atoms with van der Waals surface area (Å²) in [6.45, 7) is 9.73. The van der Waals surface area contributed by atoms with E-state index in [-0.39, 0.29) is 53.5 Å². The Morgan fingerprint density at radius 1 is 0.732 bits per heavy atom. The number of benzene rings is 3. The van der Waals surface area contributed by atoms with Crippen LogP contribution in [-0.2, 0) is 14.3 Å². The monoisotopic (exact) mass is 977 g/mol. The number of anilines is 2. The molecule has 6 heterocycles. The van der Waals surface area contributed by atoms with Crippen molar-refractivity contribution in [3.05, 3.63) is 82.9 Å². The van der Waals surface area contributed by atoms with Gasteiger partial charge in [-0.25, -0.2) is 28.3 Å². The SMILES string of the molecule is COC(=O)N[C@H](C(=O)N1CCC[C@H]1c1nc2ccc([C@H]3CC[C@H](c4ccc5nc([C@@H]6CCCN6C(=O)[C@H](C(C)C)N(C)C(=O)O)[nH]c5c4)N3c3cc(F)c(N4CCC5(CC4)CC5)c(F)c3)cc2[nH]1)C(C)C. The molecule has 16 nitrogen and oxygen atoms in total. The third kappa shape index (κ3) is 9.00. The molecule has 1 spiro atoms. The van der Waals surface area contributed by atoms with Crippen LogP contribution in [0.1, 0.15) is 139 Å². The van der Waals surface area contributed by atoms with Gasteiger partial charge in [-0.3, -0.25) is 14.5 Å². The summed E-state index contributed by atoms with van der Waals surface area (Å²) in [4.78, 5) is 77.7. The third-order valence-electron chi connectivity index (χ3n) is 16.3. The number of alkyl carbamates (subject to hydrolysis) is 1. The molecule has 10 rings (SSSR count). The molecule has 18 heteroatoms. The van der Waals surface area contributed by atoms with E-state index < -0.39 is 35.9 Å². The summed E-state index contributed by atoms with van der Waals surface area (Å²) in [5.74, 6) is -0.733. The molecule has 3 aromatic carbocycles. The first-order chi connectivity index (χ1) is 34.0. The van der Waals surface area contributed by atoms with Crippen LogP contribution in [0.4, 0.5) is 29.7 Å². The van der Waals surface area contributed by atoms with Gasteiger partial charge in [0.1, 0.15) is 29.4 Å². The molecule has 5 fully saturated rings. The molecule has 71 heavy (non-hydrogen) atoms. The number of halogens is 2. The number of hydrogen-bond donors (Lipinski definition) is 4. The van der Waals surface area contributed by atoms with Crippen molar-refractivity contribution < 1.29 is 37.8 Å². The summed E-state index contributed by atoms with van der Waals surface area (Å²) in [5, 5.41) is 12.5. The Morgan fingerprint density at radius 3 is 1.72 bits per heavy atom. The van der Waals surface area contributed by atoms with Crippen LogP contribution >= 0.6 is 0 Å². The average Bonchev–Trinajstić information content (AvgIpc) is 4.02. The first-order valence-electron chi connectivity index (χ1n) is 25.5. The van der Waals surface area contributed by atoms with Crippen LogP contribution in [0.15, 0.2) is 48.5 Å². The summed E-state index contributed by atoms with van der Waals surface area (Å²) in [6.07, 6.45) is 6.70. The van der Waals surface area contributed by atoms with Gasteiger partial charge in [0.05, 0.1) is 53.3 Å². The van der Waals surface area contributed by atoms with Gasteiger partial charge in [0, 0.05) is 38.9 Å². The number of carbonyl (C=O) groups excluding carboxylic acids is 3. The average molecular weight is 977 g/mol. The summed E-state index contributed by atoms with van der Waals surface area (Å²) in [5.41, 5.74) is 5.68. The van der Waals surface area contributed by atoms with E-state index in [0.29, 0.717) is 80.1 Å². The number of amides is 4. The number of carbonyl (C=O) groups is 4. The summed E-state index contributed by atoms with van der Waals surface area (Å²) in [7, 11) is 2.71. The van der Waals surface area contributed by atoms with E-state index in [2.05, 4.69) is 26.3 Å².